The molecule has 0 spiro atoms. The van der Waals surface area contributed by atoms with Gasteiger partial charge in [0.15, 0.2) is 12.3 Å². The fourth-order valence-electron chi connectivity index (χ4n) is 4.78. The van der Waals surface area contributed by atoms with Gasteiger partial charge in [0.05, 0.1) is 17.0 Å². The molecular formula is C31H32ClN2O5S+. The number of oxazole rings is 1. The molecule has 1 atom stereocenters. The van der Waals surface area contributed by atoms with Crippen LogP contribution in [-0.4, -0.2) is 24.8 Å². The van der Waals surface area contributed by atoms with Crippen LogP contribution in [0.3, 0.4) is 0 Å². The number of allylic oxidation sites excluding steroid dienone is 2. The number of rotatable bonds is 9. The minimum absolute atomic E-state index is 0.222. The van der Waals surface area contributed by atoms with Crippen LogP contribution in [0.15, 0.2) is 88.7 Å². The van der Waals surface area contributed by atoms with Crippen LogP contribution in [0.2, 0.25) is 5.02 Å². The first-order valence-electron chi connectivity index (χ1n) is 13.3. The van der Waals surface area contributed by atoms with E-state index in [1.54, 1.807) is 0 Å². The van der Waals surface area contributed by atoms with E-state index < -0.39 is 15.4 Å². The van der Waals surface area contributed by atoms with Crippen molar-refractivity contribution in [3.8, 4) is 16.9 Å². The lowest BCUT2D eigenvalue weighted by molar-refractivity contribution is -0.678. The Morgan fingerprint density at radius 3 is 2.55 bits per heavy atom. The molecule has 5 rings (SSSR count). The lowest BCUT2D eigenvalue weighted by atomic mass is 10.1. The molecule has 208 valence electrons. The molecule has 4 aromatic rings. The second-order valence-electron chi connectivity index (χ2n) is 9.77. The smallest absolute Gasteiger partial charge is 0.374 e. The third-order valence-electron chi connectivity index (χ3n) is 7.14. The number of hydrogen-bond donors (Lipinski definition) is 1. The number of nitrogens with zero attached hydrogens (tertiary/aromatic N) is 2. The minimum Gasteiger partial charge on any atom is -0.439 e. The number of fused-ring (bicyclic) bond motifs is 2. The Morgan fingerprint density at radius 1 is 1.07 bits per heavy atom. The molecule has 0 fully saturated rings. The van der Waals surface area contributed by atoms with Crippen molar-refractivity contribution in [2.45, 2.75) is 45.4 Å². The van der Waals surface area contributed by atoms with E-state index in [0.29, 0.717) is 41.9 Å². The normalized spacial score (nSPS) is 15.5. The van der Waals surface area contributed by atoms with Gasteiger partial charge < -0.3 is 14.1 Å². The first-order valence-corrected chi connectivity index (χ1v) is 15.2. The second kappa shape index (κ2) is 11.5. The average Bonchev–Trinajstić information content (AvgIpc) is 3.46. The summed E-state index contributed by atoms with van der Waals surface area (Å²) in [5, 5.41) is -0.271. The van der Waals surface area contributed by atoms with Crippen LogP contribution in [0.4, 0.5) is 5.69 Å². The van der Waals surface area contributed by atoms with Gasteiger partial charge in [-0.3, -0.25) is 4.55 Å². The molecule has 1 aromatic heterocycles. The van der Waals surface area contributed by atoms with Gasteiger partial charge in [-0.05, 0) is 61.2 Å². The fraction of sp³-hybridized carbons (Fsp3) is 0.258. The summed E-state index contributed by atoms with van der Waals surface area (Å²) in [6, 6.07) is 21.6. The van der Waals surface area contributed by atoms with Crippen molar-refractivity contribution in [2.24, 2.45) is 0 Å². The van der Waals surface area contributed by atoms with Gasteiger partial charge in [0.2, 0.25) is 11.5 Å². The number of aryl methyl sites for hydroxylation is 1. The predicted octanol–water partition coefficient (Wildman–Crippen LogP) is 7.26. The van der Waals surface area contributed by atoms with Crippen molar-refractivity contribution < 1.29 is 26.7 Å². The topological polar surface area (TPSA) is 83.9 Å². The van der Waals surface area contributed by atoms with Gasteiger partial charge >= 0.3 is 5.89 Å². The molecule has 7 nitrogen and oxygen atoms in total. The van der Waals surface area contributed by atoms with Gasteiger partial charge in [-0.25, -0.2) is 0 Å². The fourth-order valence-corrected chi connectivity index (χ4v) is 5.35. The third-order valence-corrected chi connectivity index (χ3v) is 8.63. The summed E-state index contributed by atoms with van der Waals surface area (Å²) < 4.78 is 47.5. The average molecular weight is 580 g/mol. The van der Waals surface area contributed by atoms with Gasteiger partial charge in [-0.15, -0.1) is 0 Å². The highest BCUT2D eigenvalue weighted by atomic mass is 35.5. The zero-order chi connectivity index (χ0) is 28.4. The predicted molar refractivity (Wildman–Crippen MR) is 159 cm³/mol. The Balaban J connectivity index is 1.57. The first kappa shape index (κ1) is 28.0. The molecule has 0 saturated carbocycles. The summed E-state index contributed by atoms with van der Waals surface area (Å²) in [4.78, 5) is 2.07. The van der Waals surface area contributed by atoms with Crippen LogP contribution >= 0.6 is 11.6 Å². The van der Waals surface area contributed by atoms with Gasteiger partial charge in [-0.1, -0.05) is 54.9 Å². The van der Waals surface area contributed by atoms with E-state index in [9.17, 15) is 13.0 Å². The summed E-state index contributed by atoms with van der Waals surface area (Å²) in [6.45, 7) is 6.66. The number of hydrogen-bond acceptors (Lipinski definition) is 5. The first-order chi connectivity index (χ1) is 19.2. The van der Waals surface area contributed by atoms with Gasteiger partial charge in [0, 0.05) is 30.1 Å². The molecule has 9 heteroatoms. The van der Waals surface area contributed by atoms with Gasteiger partial charge in [0.25, 0.3) is 15.6 Å². The molecule has 1 N–H and O–H groups in total. The van der Waals surface area contributed by atoms with E-state index in [0.717, 1.165) is 33.7 Å². The summed E-state index contributed by atoms with van der Waals surface area (Å²) in [6.07, 6.45) is 4.88. The lowest BCUT2D eigenvalue weighted by Gasteiger charge is -2.16. The second-order valence-corrected chi connectivity index (χ2v) is 12.0. The maximum Gasteiger partial charge on any atom is 0.374 e. The molecule has 0 amide bonds. The van der Waals surface area contributed by atoms with Gasteiger partial charge in [0.1, 0.15) is 0 Å². The van der Waals surface area contributed by atoms with Crippen molar-refractivity contribution >= 4 is 44.6 Å². The van der Waals surface area contributed by atoms with Crippen molar-refractivity contribution in [1.82, 2.24) is 0 Å². The lowest BCUT2D eigenvalue weighted by Crippen LogP contribution is -2.37. The highest BCUT2D eigenvalue weighted by Crippen LogP contribution is 2.41. The van der Waals surface area contributed by atoms with E-state index in [4.69, 9.17) is 20.8 Å². The summed E-state index contributed by atoms with van der Waals surface area (Å²) in [5.74, 6) is 2.03. The van der Waals surface area contributed by atoms with Gasteiger partial charge in [-0.2, -0.15) is 13.0 Å². The Kier molecular flexibility index (Phi) is 8.03. The molecule has 40 heavy (non-hydrogen) atoms. The number of ether oxygens (including phenoxy) is 1. The van der Waals surface area contributed by atoms with E-state index in [1.165, 1.54) is 6.92 Å². The van der Waals surface area contributed by atoms with Crippen molar-refractivity contribution in [2.75, 3.05) is 11.4 Å². The zero-order valence-electron chi connectivity index (χ0n) is 22.7. The van der Waals surface area contributed by atoms with E-state index in [1.807, 2.05) is 83.4 Å². The quantitative estimate of drug-likeness (QED) is 0.166. The molecule has 0 saturated heterocycles. The molecule has 1 unspecified atom stereocenters. The Morgan fingerprint density at radius 2 is 1.85 bits per heavy atom. The number of anilines is 1. The summed E-state index contributed by atoms with van der Waals surface area (Å²) >= 11 is 6.24. The van der Waals surface area contributed by atoms with Crippen LogP contribution in [0.1, 0.15) is 39.5 Å². The molecule has 1 aliphatic heterocycles. The van der Waals surface area contributed by atoms with Crippen molar-refractivity contribution in [1.29, 1.82) is 0 Å². The van der Waals surface area contributed by atoms with Crippen molar-refractivity contribution in [3.63, 3.8) is 0 Å². The Bertz CT molecular complexity index is 1710. The maximum atomic E-state index is 11.7. The highest BCUT2D eigenvalue weighted by molar-refractivity contribution is 7.86. The SMILES string of the molecule is CCC(=C/c1oc2ccc(-c3ccccc3)cc2[n+]1CCC(C)S(=O)(=O)O)/C=C1/Oc2ccc(Cl)cc2N1CC. The van der Waals surface area contributed by atoms with Crippen LogP contribution in [0.5, 0.6) is 5.75 Å². The minimum atomic E-state index is -4.16. The highest BCUT2D eigenvalue weighted by Gasteiger charge is 2.28. The molecule has 0 radical (unpaired) electrons. The monoisotopic (exact) mass is 579 g/mol. The Labute approximate surface area is 239 Å². The van der Waals surface area contributed by atoms with Crippen LogP contribution < -0.4 is 14.2 Å². The number of aromatic nitrogens is 1. The molecule has 0 bridgehead atoms. The molecule has 2 heterocycles. The molecular weight excluding hydrogens is 548 g/mol. The van der Waals surface area contributed by atoms with E-state index >= 15 is 0 Å². The summed E-state index contributed by atoms with van der Waals surface area (Å²) in [5.41, 5.74) is 5.50. The van der Waals surface area contributed by atoms with Crippen LogP contribution in [0, 0.1) is 0 Å². The van der Waals surface area contributed by atoms with Crippen molar-refractivity contribution in [3.05, 3.63) is 95.2 Å². The molecule has 3 aromatic carbocycles. The zero-order valence-corrected chi connectivity index (χ0v) is 24.2. The number of benzene rings is 3. The third kappa shape index (κ3) is 5.80. The Hall–Kier alpha value is -3.59. The standard InChI is InChI=1S/C31H31ClN2O5S/c1-4-22(17-30-33(5-2)27-20-25(32)12-14-29(27)38-30)18-31-34(16-15-21(3)40(35,36)37)26-19-24(11-13-28(26)39-31)23-9-7-6-8-10-23/h6-14,17-21H,4-5,15-16H2,1-3H3/p+1. The maximum absolute atomic E-state index is 11.7. The van der Waals surface area contributed by atoms with E-state index in [2.05, 4.69) is 18.7 Å². The van der Waals surface area contributed by atoms with E-state index in [-0.39, 0.29) is 6.42 Å². The summed E-state index contributed by atoms with van der Waals surface area (Å²) in [7, 11) is -4.16. The largest absolute Gasteiger partial charge is 0.439 e. The molecule has 0 aliphatic carbocycles. The molecule has 1 aliphatic rings. The van der Waals surface area contributed by atoms with Crippen LogP contribution in [0.25, 0.3) is 28.3 Å². The van der Waals surface area contributed by atoms with Crippen LogP contribution in [-0.2, 0) is 16.7 Å². The number of halogens is 1.